The number of rotatable bonds is 6. The van der Waals surface area contributed by atoms with E-state index in [1.807, 2.05) is 20.2 Å². The number of hydrogen-bond donors (Lipinski definition) is 1. The number of nitrogens with one attached hydrogen (secondary N) is 1. The van der Waals surface area contributed by atoms with Gasteiger partial charge in [0.25, 0.3) is 0 Å². The van der Waals surface area contributed by atoms with Crippen molar-refractivity contribution in [3.63, 3.8) is 0 Å². The fourth-order valence-corrected chi connectivity index (χ4v) is 2.48. The summed E-state index contributed by atoms with van der Waals surface area (Å²) in [4.78, 5) is 0. The van der Waals surface area contributed by atoms with E-state index in [1.54, 1.807) is 10.9 Å². The van der Waals surface area contributed by atoms with E-state index in [2.05, 4.69) is 10.4 Å². The maximum Gasteiger partial charge on any atom is 0.142 e. The van der Waals surface area contributed by atoms with Gasteiger partial charge in [0.2, 0.25) is 0 Å². The Labute approximate surface area is 127 Å². The van der Waals surface area contributed by atoms with Crippen molar-refractivity contribution in [2.45, 2.75) is 25.8 Å². The molecule has 1 N–H and O–H groups in total. The Hall–Kier alpha value is -1.46. The van der Waals surface area contributed by atoms with Crippen molar-refractivity contribution in [1.29, 1.82) is 0 Å². The Bertz CT molecular complexity index is 613. The van der Waals surface area contributed by atoms with E-state index < -0.39 is 11.6 Å². The van der Waals surface area contributed by atoms with E-state index in [-0.39, 0.29) is 11.1 Å². The van der Waals surface area contributed by atoms with Crippen molar-refractivity contribution < 1.29 is 8.78 Å². The first-order valence-corrected chi connectivity index (χ1v) is 7.24. The number of halogens is 3. The summed E-state index contributed by atoms with van der Waals surface area (Å²) in [6, 6.07) is 1.94. The molecule has 1 aromatic heterocycles. The number of hydrogen-bond acceptors (Lipinski definition) is 2. The summed E-state index contributed by atoms with van der Waals surface area (Å²) in [5, 5.41) is 7.09. The second-order valence-corrected chi connectivity index (χ2v) is 5.37. The van der Waals surface area contributed by atoms with Gasteiger partial charge in [-0.15, -0.1) is 0 Å². The highest BCUT2D eigenvalue weighted by atomic mass is 35.5. The number of benzene rings is 1. The van der Waals surface area contributed by atoms with E-state index in [0.717, 1.165) is 18.1 Å². The van der Waals surface area contributed by atoms with Crippen LogP contribution in [0.25, 0.3) is 0 Å². The molecule has 1 aromatic carbocycles. The van der Waals surface area contributed by atoms with Crippen LogP contribution in [0.2, 0.25) is 5.02 Å². The van der Waals surface area contributed by atoms with Gasteiger partial charge in [0, 0.05) is 24.8 Å². The van der Waals surface area contributed by atoms with Gasteiger partial charge in [-0.2, -0.15) is 5.10 Å². The van der Waals surface area contributed by atoms with E-state index in [1.165, 1.54) is 6.07 Å². The van der Waals surface area contributed by atoms with Gasteiger partial charge in [-0.1, -0.05) is 18.5 Å². The highest BCUT2D eigenvalue weighted by Gasteiger charge is 2.18. The Kier molecular flexibility index (Phi) is 5.31. The fraction of sp³-hybridized carbons (Fsp3) is 0.400. The van der Waals surface area contributed by atoms with E-state index in [0.29, 0.717) is 18.5 Å². The average molecular weight is 314 g/mol. The third kappa shape index (κ3) is 4.02. The monoisotopic (exact) mass is 313 g/mol. The van der Waals surface area contributed by atoms with Crippen LogP contribution in [0.15, 0.2) is 24.5 Å². The molecule has 2 rings (SSSR count). The first-order valence-electron chi connectivity index (χ1n) is 6.86. The minimum absolute atomic E-state index is 0.196. The molecule has 0 saturated carbocycles. The predicted octanol–water partition coefficient (Wildman–Crippen LogP) is 3.64. The topological polar surface area (TPSA) is 29.9 Å². The largest absolute Gasteiger partial charge is 0.310 e. The molecule has 1 heterocycles. The number of nitrogens with zero attached hydrogens (tertiary/aromatic N) is 2. The molecule has 3 nitrogen and oxygen atoms in total. The van der Waals surface area contributed by atoms with Crippen LogP contribution in [0.3, 0.4) is 0 Å². The second-order valence-electron chi connectivity index (χ2n) is 4.96. The summed E-state index contributed by atoms with van der Waals surface area (Å²) in [5.41, 5.74) is 1.37. The predicted molar refractivity (Wildman–Crippen MR) is 79.3 cm³/mol. The molecular weight excluding hydrogens is 296 g/mol. The Morgan fingerprint density at radius 1 is 1.33 bits per heavy atom. The molecule has 0 aliphatic carbocycles. The Balaban J connectivity index is 2.16. The maximum absolute atomic E-state index is 14.0. The highest BCUT2D eigenvalue weighted by Crippen LogP contribution is 2.26. The lowest BCUT2D eigenvalue weighted by atomic mass is 9.99. The molecule has 0 fully saturated rings. The third-order valence-electron chi connectivity index (χ3n) is 3.35. The number of aromatic nitrogens is 2. The maximum atomic E-state index is 14.0. The molecule has 1 unspecified atom stereocenters. The molecule has 21 heavy (non-hydrogen) atoms. The lowest BCUT2D eigenvalue weighted by molar-refractivity contribution is 0.479. The van der Waals surface area contributed by atoms with Gasteiger partial charge in [-0.3, -0.25) is 4.68 Å². The molecule has 0 aliphatic rings. The first-order chi connectivity index (χ1) is 10.0. The quantitative estimate of drug-likeness (QED) is 0.825. The van der Waals surface area contributed by atoms with Crippen LogP contribution in [0.1, 0.15) is 30.5 Å². The average Bonchev–Trinajstić information content (AvgIpc) is 2.85. The van der Waals surface area contributed by atoms with Crippen molar-refractivity contribution in [3.8, 4) is 0 Å². The van der Waals surface area contributed by atoms with Crippen molar-refractivity contribution in [3.05, 3.63) is 52.3 Å². The standard InChI is InChI=1S/C15H18ClF2N3/c1-3-19-15(5-4-10-8-20-21(2)9-10)11-6-14(18)12(16)7-13(11)17/h6-9,15,19H,3-5H2,1-2H3. The van der Waals surface area contributed by atoms with Gasteiger partial charge in [0.15, 0.2) is 0 Å². The molecule has 1 atom stereocenters. The van der Waals surface area contributed by atoms with E-state index in [9.17, 15) is 8.78 Å². The zero-order valence-electron chi connectivity index (χ0n) is 12.0. The van der Waals surface area contributed by atoms with Crippen LogP contribution in [-0.2, 0) is 13.5 Å². The van der Waals surface area contributed by atoms with Gasteiger partial charge in [-0.05, 0) is 37.1 Å². The molecule has 6 heteroatoms. The van der Waals surface area contributed by atoms with Crippen LogP contribution < -0.4 is 5.32 Å². The molecular formula is C15H18ClF2N3. The lowest BCUT2D eigenvalue weighted by Gasteiger charge is -2.19. The minimum atomic E-state index is -0.600. The van der Waals surface area contributed by atoms with Crippen LogP contribution in [0, 0.1) is 11.6 Å². The zero-order chi connectivity index (χ0) is 15.4. The summed E-state index contributed by atoms with van der Waals surface area (Å²) in [5.74, 6) is -1.09. The Morgan fingerprint density at radius 3 is 2.71 bits per heavy atom. The van der Waals surface area contributed by atoms with E-state index in [4.69, 9.17) is 11.6 Å². The molecule has 2 aromatic rings. The Morgan fingerprint density at radius 2 is 2.10 bits per heavy atom. The minimum Gasteiger partial charge on any atom is -0.310 e. The van der Waals surface area contributed by atoms with Crippen molar-refractivity contribution >= 4 is 11.6 Å². The van der Waals surface area contributed by atoms with Gasteiger partial charge in [0.05, 0.1) is 11.2 Å². The summed E-state index contributed by atoms with van der Waals surface area (Å²) in [7, 11) is 1.85. The van der Waals surface area contributed by atoms with Crippen LogP contribution in [-0.4, -0.2) is 16.3 Å². The second kappa shape index (κ2) is 7.00. The van der Waals surface area contributed by atoms with Crippen molar-refractivity contribution in [2.75, 3.05) is 6.54 Å². The fourth-order valence-electron chi connectivity index (χ4n) is 2.33. The van der Waals surface area contributed by atoms with Gasteiger partial charge < -0.3 is 5.32 Å². The molecule has 0 amide bonds. The van der Waals surface area contributed by atoms with Gasteiger partial charge in [0.1, 0.15) is 11.6 Å². The van der Waals surface area contributed by atoms with Gasteiger partial charge in [-0.25, -0.2) is 8.78 Å². The molecule has 0 bridgehead atoms. The summed E-state index contributed by atoms with van der Waals surface area (Å²) in [6.07, 6.45) is 5.08. The molecule has 114 valence electrons. The summed E-state index contributed by atoms with van der Waals surface area (Å²) >= 11 is 5.60. The van der Waals surface area contributed by atoms with E-state index >= 15 is 0 Å². The van der Waals surface area contributed by atoms with Crippen LogP contribution in [0.4, 0.5) is 8.78 Å². The normalized spacial score (nSPS) is 12.6. The SMILES string of the molecule is CCNC(CCc1cnn(C)c1)c1cc(F)c(Cl)cc1F. The summed E-state index contributed by atoms with van der Waals surface area (Å²) < 4.78 is 29.3. The van der Waals surface area contributed by atoms with Crippen LogP contribution in [0.5, 0.6) is 0 Å². The van der Waals surface area contributed by atoms with Crippen molar-refractivity contribution in [2.24, 2.45) is 7.05 Å². The zero-order valence-corrected chi connectivity index (χ0v) is 12.8. The third-order valence-corrected chi connectivity index (χ3v) is 3.64. The smallest absolute Gasteiger partial charge is 0.142 e. The number of aryl methyl sites for hydroxylation is 2. The first kappa shape index (κ1) is 15.9. The molecule has 0 spiro atoms. The van der Waals surface area contributed by atoms with Crippen molar-refractivity contribution in [1.82, 2.24) is 15.1 Å². The highest BCUT2D eigenvalue weighted by molar-refractivity contribution is 6.30. The lowest BCUT2D eigenvalue weighted by Crippen LogP contribution is -2.22. The molecule has 0 aliphatic heterocycles. The molecule has 0 radical (unpaired) electrons. The molecule has 0 saturated heterocycles. The van der Waals surface area contributed by atoms with Crippen LogP contribution >= 0.6 is 11.6 Å². The van der Waals surface area contributed by atoms with Gasteiger partial charge >= 0.3 is 0 Å². The summed E-state index contributed by atoms with van der Waals surface area (Å²) in [6.45, 7) is 2.60.